The highest BCUT2D eigenvalue weighted by atomic mass is 16.2. The highest BCUT2D eigenvalue weighted by Crippen LogP contribution is 2.16. The van der Waals surface area contributed by atoms with Crippen molar-refractivity contribution in [3.8, 4) is 0 Å². The number of carbonyl (C=O) groups is 3. The number of carbonyl (C=O) groups excluding carboxylic acids is 3. The predicted octanol–water partition coefficient (Wildman–Crippen LogP) is 3.26. The molecule has 136 valence electrons. The summed E-state index contributed by atoms with van der Waals surface area (Å²) in [5.74, 6) is -0.287. The monoisotopic (exact) mass is 352 g/mol. The summed E-state index contributed by atoms with van der Waals surface area (Å²) in [7, 11) is 0. The fourth-order valence-corrected chi connectivity index (χ4v) is 2.55. The van der Waals surface area contributed by atoms with E-state index in [1.54, 1.807) is 24.3 Å². The second kappa shape index (κ2) is 8.94. The van der Waals surface area contributed by atoms with Gasteiger partial charge in [0, 0.05) is 37.7 Å². The molecule has 0 unspecified atom stereocenters. The predicted molar refractivity (Wildman–Crippen MR) is 102 cm³/mol. The molecule has 0 saturated carbocycles. The molecule has 0 saturated heterocycles. The van der Waals surface area contributed by atoms with Crippen LogP contribution in [0.5, 0.6) is 0 Å². The van der Waals surface area contributed by atoms with Crippen LogP contribution in [0, 0.1) is 6.92 Å². The molecule has 1 N–H and O–H groups in total. The van der Waals surface area contributed by atoms with Gasteiger partial charge >= 0.3 is 0 Å². The van der Waals surface area contributed by atoms with Crippen LogP contribution in [0.3, 0.4) is 0 Å². The zero-order chi connectivity index (χ0) is 19.1. The third-order valence-corrected chi connectivity index (χ3v) is 4.14. The molecule has 0 aliphatic carbocycles. The summed E-state index contributed by atoms with van der Waals surface area (Å²) in [4.78, 5) is 36.9. The molecule has 0 aliphatic rings. The molecular formula is C21H24N2O3. The summed E-state index contributed by atoms with van der Waals surface area (Å²) in [6.45, 7) is 5.72. The van der Waals surface area contributed by atoms with Crippen molar-refractivity contribution >= 4 is 23.3 Å². The van der Waals surface area contributed by atoms with E-state index >= 15 is 0 Å². The highest BCUT2D eigenvalue weighted by molar-refractivity contribution is 5.96. The van der Waals surface area contributed by atoms with Crippen LogP contribution in [0.2, 0.25) is 0 Å². The molecule has 0 bridgehead atoms. The fraction of sp³-hybridized carbons (Fsp3) is 0.286. The van der Waals surface area contributed by atoms with Gasteiger partial charge in [-0.05, 0) is 43.7 Å². The first-order valence-corrected chi connectivity index (χ1v) is 8.58. The molecular weight excluding hydrogens is 328 g/mol. The summed E-state index contributed by atoms with van der Waals surface area (Å²) < 4.78 is 0. The minimum Gasteiger partial charge on any atom is -0.352 e. The molecule has 0 aliphatic heterocycles. The van der Waals surface area contributed by atoms with Gasteiger partial charge < -0.3 is 10.2 Å². The lowest BCUT2D eigenvalue weighted by atomic mass is 10.1. The van der Waals surface area contributed by atoms with E-state index in [9.17, 15) is 14.4 Å². The third kappa shape index (κ3) is 5.55. The number of Topliss-reactive ketones (excluding diaryl/α,β-unsaturated/α-hetero) is 1. The normalized spacial score (nSPS) is 10.3. The summed E-state index contributed by atoms with van der Waals surface area (Å²) in [5, 5.41) is 2.87. The lowest BCUT2D eigenvalue weighted by molar-refractivity contribution is -0.121. The topological polar surface area (TPSA) is 66.5 Å². The molecule has 0 heterocycles. The average molecular weight is 352 g/mol. The van der Waals surface area contributed by atoms with E-state index in [2.05, 4.69) is 5.32 Å². The van der Waals surface area contributed by atoms with Crippen molar-refractivity contribution in [2.75, 3.05) is 11.4 Å². The third-order valence-electron chi connectivity index (χ3n) is 4.14. The second-order valence-corrected chi connectivity index (χ2v) is 6.29. The van der Waals surface area contributed by atoms with Crippen molar-refractivity contribution in [1.29, 1.82) is 0 Å². The number of rotatable bonds is 7. The van der Waals surface area contributed by atoms with E-state index < -0.39 is 0 Å². The highest BCUT2D eigenvalue weighted by Gasteiger charge is 2.14. The number of aryl methyl sites for hydroxylation is 1. The maximum Gasteiger partial charge on any atom is 0.223 e. The number of hydrogen-bond donors (Lipinski definition) is 1. The summed E-state index contributed by atoms with van der Waals surface area (Å²) in [6.07, 6.45) is 0.208. The van der Waals surface area contributed by atoms with Crippen LogP contribution in [0.1, 0.15) is 41.8 Å². The lowest BCUT2D eigenvalue weighted by Crippen LogP contribution is -2.33. The Morgan fingerprint density at radius 2 is 1.54 bits per heavy atom. The van der Waals surface area contributed by atoms with Crippen LogP contribution in [0.25, 0.3) is 0 Å². The molecule has 2 amide bonds. The molecule has 2 rings (SSSR count). The molecule has 2 aromatic carbocycles. The maximum absolute atomic E-state index is 12.1. The first-order valence-electron chi connectivity index (χ1n) is 8.58. The van der Waals surface area contributed by atoms with Crippen LogP contribution >= 0.6 is 0 Å². The Bertz CT molecular complexity index is 780. The van der Waals surface area contributed by atoms with E-state index in [4.69, 9.17) is 0 Å². The van der Waals surface area contributed by atoms with E-state index in [1.807, 2.05) is 31.2 Å². The number of anilines is 1. The first kappa shape index (κ1) is 19.4. The fourth-order valence-electron chi connectivity index (χ4n) is 2.55. The lowest BCUT2D eigenvalue weighted by Gasteiger charge is -2.21. The largest absolute Gasteiger partial charge is 0.352 e. The molecule has 5 heteroatoms. The van der Waals surface area contributed by atoms with Gasteiger partial charge in [0.25, 0.3) is 0 Å². The number of hydrogen-bond acceptors (Lipinski definition) is 3. The van der Waals surface area contributed by atoms with Crippen molar-refractivity contribution in [3.05, 3.63) is 65.2 Å². The van der Waals surface area contributed by atoms with Crippen molar-refractivity contribution in [2.24, 2.45) is 0 Å². The minimum atomic E-state index is -0.146. The Labute approximate surface area is 154 Å². The molecule has 0 radical (unpaired) electrons. The molecule has 26 heavy (non-hydrogen) atoms. The van der Waals surface area contributed by atoms with Crippen LogP contribution in [-0.4, -0.2) is 24.1 Å². The number of nitrogens with one attached hydrogen (secondary N) is 1. The van der Waals surface area contributed by atoms with Crippen molar-refractivity contribution < 1.29 is 14.4 Å². The molecule has 0 atom stereocenters. The molecule has 2 aromatic rings. The Morgan fingerprint density at radius 3 is 2.08 bits per heavy atom. The van der Waals surface area contributed by atoms with Gasteiger partial charge in [-0.1, -0.05) is 29.8 Å². The molecule has 0 aromatic heterocycles. The van der Waals surface area contributed by atoms with Crippen molar-refractivity contribution in [2.45, 2.75) is 33.7 Å². The maximum atomic E-state index is 12.1. The van der Waals surface area contributed by atoms with Gasteiger partial charge in [-0.15, -0.1) is 0 Å². The van der Waals surface area contributed by atoms with Gasteiger partial charge in [-0.3, -0.25) is 14.4 Å². The number of amides is 2. The van der Waals surface area contributed by atoms with Crippen LogP contribution in [-0.2, 0) is 16.1 Å². The van der Waals surface area contributed by atoms with E-state index in [0.717, 1.165) is 5.56 Å². The summed E-state index contributed by atoms with van der Waals surface area (Å²) in [6, 6.07) is 14.8. The minimum absolute atomic E-state index is 0.0265. The Kier molecular flexibility index (Phi) is 6.67. The van der Waals surface area contributed by atoms with E-state index in [-0.39, 0.29) is 30.6 Å². The van der Waals surface area contributed by atoms with Gasteiger partial charge in [0.15, 0.2) is 5.78 Å². The average Bonchev–Trinajstić information content (AvgIpc) is 2.61. The van der Waals surface area contributed by atoms with E-state index in [0.29, 0.717) is 17.8 Å². The quantitative estimate of drug-likeness (QED) is 0.778. The Morgan fingerprint density at radius 1 is 0.923 bits per heavy atom. The number of benzene rings is 2. The summed E-state index contributed by atoms with van der Waals surface area (Å²) >= 11 is 0. The van der Waals surface area contributed by atoms with Gasteiger partial charge in [0.2, 0.25) is 11.8 Å². The van der Waals surface area contributed by atoms with Gasteiger partial charge in [-0.25, -0.2) is 0 Å². The smallest absolute Gasteiger partial charge is 0.223 e. The first-order chi connectivity index (χ1) is 12.4. The van der Waals surface area contributed by atoms with Crippen molar-refractivity contribution in [1.82, 2.24) is 5.32 Å². The van der Waals surface area contributed by atoms with Gasteiger partial charge in [0.05, 0.1) is 0 Å². The van der Waals surface area contributed by atoms with Crippen LogP contribution in [0.4, 0.5) is 5.69 Å². The van der Waals surface area contributed by atoms with E-state index in [1.165, 1.54) is 24.3 Å². The van der Waals surface area contributed by atoms with Gasteiger partial charge in [0.1, 0.15) is 0 Å². The van der Waals surface area contributed by atoms with Crippen LogP contribution in [0.15, 0.2) is 48.5 Å². The van der Waals surface area contributed by atoms with Crippen LogP contribution < -0.4 is 10.2 Å². The Balaban J connectivity index is 1.91. The summed E-state index contributed by atoms with van der Waals surface area (Å²) in [5.41, 5.74) is 3.47. The van der Waals surface area contributed by atoms with Gasteiger partial charge in [-0.2, -0.15) is 0 Å². The van der Waals surface area contributed by atoms with Crippen molar-refractivity contribution in [3.63, 3.8) is 0 Å². The Hall–Kier alpha value is -2.95. The standard InChI is InChI=1S/C21H24N2O3/c1-15-4-6-18(7-5-15)14-22-21(26)12-13-23(17(3)25)20-10-8-19(9-11-20)16(2)24/h4-11H,12-14H2,1-3H3,(H,22,26). The molecule has 5 nitrogen and oxygen atoms in total. The zero-order valence-electron chi connectivity index (χ0n) is 15.4. The molecule has 0 fully saturated rings. The molecule has 0 spiro atoms. The number of nitrogens with zero attached hydrogens (tertiary/aromatic N) is 1. The second-order valence-electron chi connectivity index (χ2n) is 6.29. The zero-order valence-corrected chi connectivity index (χ0v) is 15.4. The SMILES string of the molecule is CC(=O)c1ccc(N(CCC(=O)NCc2ccc(C)cc2)C(C)=O)cc1. The number of ketones is 1.